The SMILES string of the molecule is C[C@@H]1CN(S(=O)(=O)c2ccc(CCl)cn2)C[C@H](C)O1. The molecule has 1 aliphatic rings. The summed E-state index contributed by atoms with van der Waals surface area (Å²) < 4.78 is 31.9. The maximum atomic E-state index is 12.5. The molecule has 0 spiro atoms. The zero-order valence-corrected chi connectivity index (χ0v) is 12.5. The van der Waals surface area contributed by atoms with E-state index in [4.69, 9.17) is 16.3 Å². The lowest BCUT2D eigenvalue weighted by Crippen LogP contribution is -2.48. The topological polar surface area (TPSA) is 59.5 Å². The van der Waals surface area contributed by atoms with Crippen LogP contribution in [0.5, 0.6) is 0 Å². The summed E-state index contributed by atoms with van der Waals surface area (Å²) >= 11 is 5.66. The van der Waals surface area contributed by atoms with Crippen molar-refractivity contribution in [1.82, 2.24) is 9.29 Å². The van der Waals surface area contributed by atoms with Gasteiger partial charge in [0.1, 0.15) is 0 Å². The maximum Gasteiger partial charge on any atom is 0.260 e. The summed E-state index contributed by atoms with van der Waals surface area (Å²) in [5, 5.41) is 0.0580. The molecule has 0 aromatic carbocycles. The van der Waals surface area contributed by atoms with Gasteiger partial charge in [-0.1, -0.05) is 6.07 Å². The van der Waals surface area contributed by atoms with E-state index in [0.717, 1.165) is 5.56 Å². The molecule has 0 aliphatic carbocycles. The number of pyridine rings is 1. The molecule has 106 valence electrons. The smallest absolute Gasteiger partial charge is 0.260 e. The van der Waals surface area contributed by atoms with Crippen molar-refractivity contribution in [3.05, 3.63) is 23.9 Å². The summed E-state index contributed by atoms with van der Waals surface area (Å²) in [6.07, 6.45) is 1.27. The molecule has 2 heterocycles. The second-order valence-electron chi connectivity index (χ2n) is 4.72. The molecule has 1 saturated heterocycles. The second-order valence-corrected chi connectivity index (χ2v) is 6.87. The highest BCUT2D eigenvalue weighted by atomic mass is 35.5. The normalized spacial score (nSPS) is 25.4. The molecule has 0 radical (unpaired) electrons. The molecule has 1 fully saturated rings. The number of aromatic nitrogens is 1. The lowest BCUT2D eigenvalue weighted by molar-refractivity contribution is -0.0441. The number of rotatable bonds is 3. The van der Waals surface area contributed by atoms with E-state index < -0.39 is 10.0 Å². The van der Waals surface area contributed by atoms with Crippen molar-refractivity contribution >= 4 is 21.6 Å². The molecule has 0 N–H and O–H groups in total. The van der Waals surface area contributed by atoms with Crippen LogP contribution < -0.4 is 0 Å². The van der Waals surface area contributed by atoms with Crippen LogP contribution in [-0.4, -0.2) is 43.0 Å². The zero-order chi connectivity index (χ0) is 14.0. The fourth-order valence-corrected chi connectivity index (χ4v) is 3.76. The first-order valence-corrected chi connectivity index (χ1v) is 8.07. The first-order chi connectivity index (χ1) is 8.93. The van der Waals surface area contributed by atoms with Crippen molar-refractivity contribution in [3.8, 4) is 0 Å². The molecule has 0 unspecified atom stereocenters. The lowest BCUT2D eigenvalue weighted by atomic mass is 10.3. The van der Waals surface area contributed by atoms with Crippen LogP contribution in [0.1, 0.15) is 19.4 Å². The van der Waals surface area contributed by atoms with Crippen molar-refractivity contribution in [1.29, 1.82) is 0 Å². The molecule has 1 aromatic rings. The Morgan fingerprint density at radius 2 is 2.00 bits per heavy atom. The van der Waals surface area contributed by atoms with Gasteiger partial charge < -0.3 is 4.74 Å². The van der Waals surface area contributed by atoms with Crippen molar-refractivity contribution in [2.24, 2.45) is 0 Å². The summed E-state index contributed by atoms with van der Waals surface area (Å²) in [6, 6.07) is 3.18. The van der Waals surface area contributed by atoms with Crippen LogP contribution in [0.2, 0.25) is 0 Å². The highest BCUT2D eigenvalue weighted by Gasteiger charge is 2.32. The van der Waals surface area contributed by atoms with Gasteiger partial charge in [-0.25, -0.2) is 13.4 Å². The molecule has 1 aromatic heterocycles. The summed E-state index contributed by atoms with van der Waals surface area (Å²) in [4.78, 5) is 3.99. The van der Waals surface area contributed by atoms with Crippen LogP contribution in [0.25, 0.3) is 0 Å². The number of morpholine rings is 1. The van der Waals surface area contributed by atoms with Crippen LogP contribution in [0.3, 0.4) is 0 Å². The monoisotopic (exact) mass is 304 g/mol. The average molecular weight is 305 g/mol. The van der Waals surface area contributed by atoms with Crippen LogP contribution in [-0.2, 0) is 20.6 Å². The van der Waals surface area contributed by atoms with E-state index in [1.165, 1.54) is 16.6 Å². The Labute approximate surface area is 118 Å². The zero-order valence-electron chi connectivity index (χ0n) is 10.9. The van der Waals surface area contributed by atoms with Crippen LogP contribution in [0, 0.1) is 0 Å². The number of ether oxygens (including phenoxy) is 1. The number of sulfonamides is 1. The van der Waals surface area contributed by atoms with Gasteiger partial charge in [-0.3, -0.25) is 0 Å². The van der Waals surface area contributed by atoms with E-state index in [9.17, 15) is 8.42 Å². The highest BCUT2D eigenvalue weighted by molar-refractivity contribution is 7.89. The fourth-order valence-electron chi connectivity index (χ4n) is 2.10. The number of halogens is 1. The van der Waals surface area contributed by atoms with Crippen molar-refractivity contribution in [2.45, 2.75) is 37.0 Å². The molecule has 19 heavy (non-hydrogen) atoms. The lowest BCUT2D eigenvalue weighted by Gasteiger charge is -2.34. The van der Waals surface area contributed by atoms with E-state index in [1.54, 1.807) is 6.07 Å². The van der Waals surface area contributed by atoms with E-state index in [-0.39, 0.29) is 17.2 Å². The fraction of sp³-hybridized carbons (Fsp3) is 0.583. The molecule has 2 atom stereocenters. The van der Waals surface area contributed by atoms with Crippen molar-refractivity contribution in [2.75, 3.05) is 13.1 Å². The van der Waals surface area contributed by atoms with Gasteiger partial charge in [0.15, 0.2) is 5.03 Å². The minimum Gasteiger partial charge on any atom is -0.373 e. The molecule has 0 amide bonds. The van der Waals surface area contributed by atoms with Gasteiger partial charge in [-0.2, -0.15) is 4.31 Å². The Morgan fingerprint density at radius 1 is 1.37 bits per heavy atom. The summed E-state index contributed by atoms with van der Waals surface area (Å²) in [5.74, 6) is 0.318. The van der Waals surface area contributed by atoms with Crippen LogP contribution >= 0.6 is 11.6 Å². The first kappa shape index (κ1) is 14.7. The van der Waals surface area contributed by atoms with Crippen molar-refractivity contribution < 1.29 is 13.2 Å². The number of nitrogens with zero attached hydrogens (tertiary/aromatic N) is 2. The predicted molar refractivity (Wildman–Crippen MR) is 72.6 cm³/mol. The van der Waals surface area contributed by atoms with E-state index in [0.29, 0.717) is 19.0 Å². The third-order valence-electron chi connectivity index (χ3n) is 2.94. The van der Waals surface area contributed by atoms with Gasteiger partial charge in [0, 0.05) is 25.2 Å². The number of alkyl halides is 1. The third-order valence-corrected chi connectivity index (χ3v) is 5.00. The number of hydrogen-bond acceptors (Lipinski definition) is 4. The molecule has 0 bridgehead atoms. The molecule has 5 nitrogen and oxygen atoms in total. The summed E-state index contributed by atoms with van der Waals surface area (Å²) in [7, 11) is -3.55. The Kier molecular flexibility index (Phi) is 4.45. The average Bonchev–Trinajstić information content (AvgIpc) is 2.37. The molecule has 1 aliphatic heterocycles. The standard InChI is InChI=1S/C12H17ClN2O3S/c1-9-7-15(8-10(2)18-9)19(16,17)12-4-3-11(5-13)6-14-12/h3-4,6,9-10H,5,7-8H2,1-2H3/t9-,10+. The van der Waals surface area contributed by atoms with Gasteiger partial charge in [-0.05, 0) is 25.5 Å². The Balaban J connectivity index is 2.25. The molecular formula is C12H17ClN2O3S. The largest absolute Gasteiger partial charge is 0.373 e. The van der Waals surface area contributed by atoms with Crippen LogP contribution in [0.15, 0.2) is 23.4 Å². The Bertz CT molecular complexity index is 522. The minimum absolute atomic E-state index is 0.0580. The van der Waals surface area contributed by atoms with Crippen LogP contribution in [0.4, 0.5) is 0 Å². The molecule has 7 heteroatoms. The van der Waals surface area contributed by atoms with Gasteiger partial charge in [-0.15, -0.1) is 11.6 Å². The maximum absolute atomic E-state index is 12.5. The minimum atomic E-state index is -3.55. The summed E-state index contributed by atoms with van der Waals surface area (Å²) in [5.41, 5.74) is 0.796. The van der Waals surface area contributed by atoms with E-state index in [2.05, 4.69) is 4.98 Å². The first-order valence-electron chi connectivity index (χ1n) is 6.10. The second kappa shape index (κ2) is 5.75. The quantitative estimate of drug-likeness (QED) is 0.796. The molecule has 0 saturated carbocycles. The Hall–Kier alpha value is -0.690. The van der Waals surface area contributed by atoms with Gasteiger partial charge in [0.05, 0.1) is 12.2 Å². The Morgan fingerprint density at radius 3 is 2.47 bits per heavy atom. The van der Waals surface area contributed by atoms with E-state index in [1.807, 2.05) is 13.8 Å². The van der Waals surface area contributed by atoms with Gasteiger partial charge in [0.25, 0.3) is 10.0 Å². The van der Waals surface area contributed by atoms with Gasteiger partial charge in [0.2, 0.25) is 0 Å². The molecular weight excluding hydrogens is 288 g/mol. The third kappa shape index (κ3) is 3.25. The van der Waals surface area contributed by atoms with E-state index >= 15 is 0 Å². The predicted octanol–water partition coefficient (Wildman–Crippen LogP) is 1.62. The summed E-state index contributed by atoms with van der Waals surface area (Å²) in [6.45, 7) is 4.43. The highest BCUT2D eigenvalue weighted by Crippen LogP contribution is 2.20. The van der Waals surface area contributed by atoms with Crippen molar-refractivity contribution in [3.63, 3.8) is 0 Å². The molecule has 2 rings (SSSR count). The van der Waals surface area contributed by atoms with Gasteiger partial charge >= 0.3 is 0 Å². The number of hydrogen-bond donors (Lipinski definition) is 0.